The number of aromatic hydroxyl groups is 1. The summed E-state index contributed by atoms with van der Waals surface area (Å²) in [7, 11) is 3.30. The Morgan fingerprint density at radius 3 is 2.00 bits per heavy atom. The van der Waals surface area contributed by atoms with Crippen LogP contribution >= 0.6 is 0 Å². The van der Waals surface area contributed by atoms with Gasteiger partial charge in [0.1, 0.15) is 17.2 Å². The summed E-state index contributed by atoms with van der Waals surface area (Å²) in [6, 6.07) is 11.7. The average Bonchev–Trinajstić information content (AvgIpc) is 2.46. The highest BCUT2D eigenvalue weighted by Gasteiger charge is 2.03. The summed E-state index contributed by atoms with van der Waals surface area (Å²) in [6.07, 6.45) is 2.90. The molecule has 2 rings (SSSR count). The zero-order chi connectivity index (χ0) is 15.2. The first-order chi connectivity index (χ1) is 10.1. The number of phenolic OH excluding ortho intramolecular Hbond substituents is 1. The Balaban J connectivity index is 1.98. The average molecular weight is 286 g/mol. The molecule has 3 heteroatoms. The summed E-state index contributed by atoms with van der Waals surface area (Å²) < 4.78 is 10.5. The van der Waals surface area contributed by atoms with Gasteiger partial charge in [-0.15, -0.1) is 0 Å². The fourth-order valence-electron chi connectivity index (χ4n) is 2.49. The fraction of sp³-hybridized carbons (Fsp3) is 0.333. The smallest absolute Gasteiger partial charge is 0.122 e. The van der Waals surface area contributed by atoms with Gasteiger partial charge in [0.05, 0.1) is 14.2 Å². The Morgan fingerprint density at radius 2 is 1.38 bits per heavy atom. The minimum absolute atomic E-state index is 0.251. The van der Waals surface area contributed by atoms with Crippen molar-refractivity contribution in [3.8, 4) is 17.2 Å². The first-order valence-electron chi connectivity index (χ1n) is 7.12. The van der Waals surface area contributed by atoms with Gasteiger partial charge in [0.25, 0.3) is 0 Å². The maximum Gasteiger partial charge on any atom is 0.122 e. The molecule has 0 radical (unpaired) electrons. The van der Waals surface area contributed by atoms with Gasteiger partial charge in [0, 0.05) is 6.07 Å². The van der Waals surface area contributed by atoms with Crippen molar-refractivity contribution in [1.29, 1.82) is 0 Å². The summed E-state index contributed by atoms with van der Waals surface area (Å²) in [4.78, 5) is 0. The number of rotatable bonds is 6. The van der Waals surface area contributed by atoms with Crippen molar-refractivity contribution >= 4 is 0 Å². The van der Waals surface area contributed by atoms with Crippen LogP contribution in [0.4, 0.5) is 0 Å². The molecule has 21 heavy (non-hydrogen) atoms. The maximum atomic E-state index is 9.65. The molecular weight excluding hydrogens is 264 g/mol. The van der Waals surface area contributed by atoms with Crippen LogP contribution in [-0.4, -0.2) is 19.3 Å². The van der Waals surface area contributed by atoms with Gasteiger partial charge in [-0.25, -0.2) is 0 Å². The molecule has 0 unspecified atom stereocenters. The highest BCUT2D eigenvalue weighted by atomic mass is 16.5. The molecule has 0 aliphatic rings. The van der Waals surface area contributed by atoms with E-state index in [0.29, 0.717) is 5.75 Å². The third-order valence-corrected chi connectivity index (χ3v) is 3.46. The van der Waals surface area contributed by atoms with E-state index in [-0.39, 0.29) is 5.75 Å². The largest absolute Gasteiger partial charge is 0.508 e. The van der Waals surface area contributed by atoms with Gasteiger partial charge in [0.2, 0.25) is 0 Å². The molecule has 112 valence electrons. The van der Waals surface area contributed by atoms with E-state index in [2.05, 4.69) is 19.1 Å². The van der Waals surface area contributed by atoms with E-state index in [4.69, 9.17) is 9.47 Å². The van der Waals surface area contributed by atoms with Gasteiger partial charge < -0.3 is 14.6 Å². The quantitative estimate of drug-likeness (QED) is 0.875. The number of phenols is 1. The number of methoxy groups -OCH3 is 2. The van der Waals surface area contributed by atoms with E-state index in [1.54, 1.807) is 26.4 Å². The topological polar surface area (TPSA) is 38.7 Å². The first-order valence-corrected chi connectivity index (χ1v) is 7.12. The molecule has 0 aliphatic carbocycles. The second-order valence-electron chi connectivity index (χ2n) is 5.25. The van der Waals surface area contributed by atoms with Crippen LogP contribution in [0, 0.1) is 6.92 Å². The summed E-state index contributed by atoms with van der Waals surface area (Å²) in [5.74, 6) is 1.85. The molecule has 2 aromatic rings. The Hall–Kier alpha value is -2.16. The molecule has 0 atom stereocenters. The summed E-state index contributed by atoms with van der Waals surface area (Å²) >= 11 is 0. The van der Waals surface area contributed by atoms with E-state index in [1.165, 1.54) is 11.1 Å². The van der Waals surface area contributed by atoms with Crippen molar-refractivity contribution < 1.29 is 14.6 Å². The SMILES string of the molecule is COc1cc(C)cc(CCCc2cc(O)cc(OC)c2)c1. The van der Waals surface area contributed by atoms with Gasteiger partial charge in [0.15, 0.2) is 0 Å². The fourth-order valence-corrected chi connectivity index (χ4v) is 2.49. The Labute approximate surface area is 126 Å². The minimum atomic E-state index is 0.251. The minimum Gasteiger partial charge on any atom is -0.508 e. The summed E-state index contributed by atoms with van der Waals surface area (Å²) in [5.41, 5.74) is 3.58. The molecule has 2 aromatic carbocycles. The second-order valence-corrected chi connectivity index (χ2v) is 5.25. The van der Waals surface area contributed by atoms with E-state index in [1.807, 2.05) is 12.1 Å². The normalized spacial score (nSPS) is 10.4. The molecule has 0 aromatic heterocycles. The molecule has 0 saturated heterocycles. The van der Waals surface area contributed by atoms with E-state index < -0.39 is 0 Å². The van der Waals surface area contributed by atoms with Crippen LogP contribution in [0.25, 0.3) is 0 Å². The summed E-state index contributed by atoms with van der Waals surface area (Å²) in [5, 5.41) is 9.65. The van der Waals surface area contributed by atoms with Crippen LogP contribution in [0.15, 0.2) is 36.4 Å². The number of hydrogen-bond donors (Lipinski definition) is 1. The van der Waals surface area contributed by atoms with Gasteiger partial charge in [-0.3, -0.25) is 0 Å². The Morgan fingerprint density at radius 1 is 0.810 bits per heavy atom. The van der Waals surface area contributed by atoms with Crippen molar-refractivity contribution in [3.63, 3.8) is 0 Å². The van der Waals surface area contributed by atoms with Gasteiger partial charge in [-0.05, 0) is 67.1 Å². The molecule has 0 heterocycles. The number of aryl methyl sites for hydroxylation is 3. The Bertz CT molecular complexity index is 552. The molecule has 0 amide bonds. The van der Waals surface area contributed by atoms with E-state index in [9.17, 15) is 5.11 Å². The van der Waals surface area contributed by atoms with Gasteiger partial charge in [-0.2, -0.15) is 0 Å². The number of ether oxygens (including phenoxy) is 2. The molecule has 0 saturated carbocycles. The molecule has 0 bridgehead atoms. The highest BCUT2D eigenvalue weighted by molar-refractivity contribution is 5.38. The van der Waals surface area contributed by atoms with Crippen LogP contribution < -0.4 is 9.47 Å². The van der Waals surface area contributed by atoms with Crippen LogP contribution in [-0.2, 0) is 12.8 Å². The maximum absolute atomic E-state index is 9.65. The van der Waals surface area contributed by atoms with Crippen LogP contribution in [0.5, 0.6) is 17.2 Å². The van der Waals surface area contributed by atoms with Gasteiger partial charge >= 0.3 is 0 Å². The molecule has 0 spiro atoms. The van der Waals surface area contributed by atoms with E-state index in [0.717, 1.165) is 30.6 Å². The highest BCUT2D eigenvalue weighted by Crippen LogP contribution is 2.23. The lowest BCUT2D eigenvalue weighted by molar-refractivity contribution is 0.407. The van der Waals surface area contributed by atoms with Crippen molar-refractivity contribution in [2.24, 2.45) is 0 Å². The van der Waals surface area contributed by atoms with Crippen molar-refractivity contribution in [2.45, 2.75) is 26.2 Å². The van der Waals surface area contributed by atoms with Crippen molar-refractivity contribution in [1.82, 2.24) is 0 Å². The predicted molar refractivity (Wildman–Crippen MR) is 84.4 cm³/mol. The zero-order valence-corrected chi connectivity index (χ0v) is 12.8. The lowest BCUT2D eigenvalue weighted by Crippen LogP contribution is -1.93. The third-order valence-electron chi connectivity index (χ3n) is 3.46. The lowest BCUT2D eigenvalue weighted by atomic mass is 10.0. The molecule has 0 aliphatic heterocycles. The van der Waals surface area contributed by atoms with Crippen LogP contribution in [0.3, 0.4) is 0 Å². The van der Waals surface area contributed by atoms with Crippen molar-refractivity contribution in [3.05, 3.63) is 53.1 Å². The first kappa shape index (κ1) is 15.2. The van der Waals surface area contributed by atoms with Crippen molar-refractivity contribution in [2.75, 3.05) is 14.2 Å². The predicted octanol–water partition coefficient (Wildman–Crippen LogP) is 3.89. The second kappa shape index (κ2) is 7.02. The van der Waals surface area contributed by atoms with Crippen LogP contribution in [0.1, 0.15) is 23.1 Å². The van der Waals surface area contributed by atoms with Crippen LogP contribution in [0.2, 0.25) is 0 Å². The molecule has 3 nitrogen and oxygen atoms in total. The molecular formula is C18H22O3. The zero-order valence-electron chi connectivity index (χ0n) is 12.8. The standard InChI is InChI=1S/C18H22O3/c1-13-7-14(10-17(8-13)20-2)5-4-6-15-9-16(19)12-18(11-15)21-3/h7-12,19H,4-6H2,1-3H3. The molecule has 0 fully saturated rings. The monoisotopic (exact) mass is 286 g/mol. The van der Waals surface area contributed by atoms with E-state index >= 15 is 0 Å². The lowest BCUT2D eigenvalue weighted by Gasteiger charge is -2.08. The van der Waals surface area contributed by atoms with Gasteiger partial charge in [-0.1, -0.05) is 6.07 Å². The Kier molecular flexibility index (Phi) is 5.09. The summed E-state index contributed by atoms with van der Waals surface area (Å²) in [6.45, 7) is 2.08. The molecule has 1 N–H and O–H groups in total. The number of benzene rings is 2. The number of hydrogen-bond acceptors (Lipinski definition) is 3. The third kappa shape index (κ3) is 4.42.